The van der Waals surface area contributed by atoms with Crippen molar-refractivity contribution in [2.24, 2.45) is 0 Å². The molecule has 0 unspecified atom stereocenters. The molecular formula is C25H26N6. The summed E-state index contributed by atoms with van der Waals surface area (Å²) in [6, 6.07) is 18.3. The fourth-order valence-corrected chi connectivity index (χ4v) is 3.77. The average molecular weight is 411 g/mol. The average Bonchev–Trinajstić information content (AvgIpc) is 3.29. The summed E-state index contributed by atoms with van der Waals surface area (Å²) in [6.07, 6.45) is 5.68. The molecule has 0 bridgehead atoms. The Labute approximate surface area is 182 Å². The Morgan fingerprint density at radius 1 is 0.935 bits per heavy atom. The molecule has 3 heterocycles. The molecule has 0 amide bonds. The van der Waals surface area contributed by atoms with E-state index in [0.717, 1.165) is 54.1 Å². The lowest BCUT2D eigenvalue weighted by Crippen LogP contribution is -2.43. The minimum Gasteiger partial charge on any atom is -0.369 e. The Bertz CT molecular complexity index is 1200. The van der Waals surface area contributed by atoms with Crippen LogP contribution >= 0.6 is 0 Å². The third-order valence-electron chi connectivity index (χ3n) is 5.34. The number of rotatable bonds is 3. The molecule has 31 heavy (non-hydrogen) atoms. The number of benzene rings is 2. The summed E-state index contributed by atoms with van der Waals surface area (Å²) >= 11 is 0. The first-order valence-electron chi connectivity index (χ1n) is 10.7. The van der Waals surface area contributed by atoms with Crippen molar-refractivity contribution < 1.29 is 0 Å². The number of hydrogen-bond acceptors (Lipinski definition) is 5. The summed E-state index contributed by atoms with van der Waals surface area (Å²) in [6.45, 7) is 8.13. The maximum absolute atomic E-state index is 9.15. The number of nitriles is 1. The van der Waals surface area contributed by atoms with E-state index in [2.05, 4.69) is 50.6 Å². The molecule has 1 saturated heterocycles. The van der Waals surface area contributed by atoms with Crippen LogP contribution < -0.4 is 10.2 Å². The molecule has 2 aromatic carbocycles. The fourth-order valence-electron chi connectivity index (χ4n) is 3.77. The van der Waals surface area contributed by atoms with Crippen LogP contribution in [0.1, 0.15) is 19.4 Å². The maximum Gasteiger partial charge on any atom is 0.162 e. The Hall–Kier alpha value is -3.69. The van der Waals surface area contributed by atoms with E-state index >= 15 is 0 Å². The molecule has 1 aliphatic rings. The van der Waals surface area contributed by atoms with E-state index < -0.39 is 0 Å². The van der Waals surface area contributed by atoms with Gasteiger partial charge in [0.2, 0.25) is 0 Å². The third-order valence-corrected chi connectivity index (χ3v) is 5.34. The summed E-state index contributed by atoms with van der Waals surface area (Å²) in [4.78, 5) is 7.06. The van der Waals surface area contributed by atoms with Crippen LogP contribution in [0.5, 0.6) is 0 Å². The zero-order valence-electron chi connectivity index (χ0n) is 17.9. The lowest BCUT2D eigenvalue weighted by atomic mass is 10.1. The van der Waals surface area contributed by atoms with Gasteiger partial charge in [0.15, 0.2) is 5.65 Å². The zero-order chi connectivity index (χ0) is 21.6. The molecule has 6 heteroatoms. The highest BCUT2D eigenvalue weighted by molar-refractivity contribution is 5.78. The Kier molecular flexibility index (Phi) is 6.25. The molecule has 0 radical (unpaired) electrons. The molecule has 5 rings (SSSR count). The molecule has 0 saturated carbocycles. The van der Waals surface area contributed by atoms with Crippen molar-refractivity contribution in [3.8, 4) is 28.3 Å². The van der Waals surface area contributed by atoms with Crippen LogP contribution in [0.3, 0.4) is 0 Å². The van der Waals surface area contributed by atoms with Crippen LogP contribution in [-0.2, 0) is 0 Å². The van der Waals surface area contributed by atoms with E-state index in [9.17, 15) is 0 Å². The molecule has 1 aliphatic heterocycles. The SMILES string of the molecule is CC.N#Cc1cccc(-c2cnn3cc(-c4ccc(N5CCNCC5)cc4)cnc23)c1. The van der Waals surface area contributed by atoms with Gasteiger partial charge in [-0.1, -0.05) is 38.1 Å². The summed E-state index contributed by atoms with van der Waals surface area (Å²) in [7, 11) is 0. The lowest BCUT2D eigenvalue weighted by molar-refractivity contribution is 0.589. The van der Waals surface area contributed by atoms with Gasteiger partial charge in [-0.3, -0.25) is 0 Å². The van der Waals surface area contributed by atoms with Crippen LogP contribution in [0.4, 0.5) is 5.69 Å². The van der Waals surface area contributed by atoms with E-state index in [0.29, 0.717) is 5.56 Å². The van der Waals surface area contributed by atoms with Gasteiger partial charge in [-0.2, -0.15) is 10.4 Å². The van der Waals surface area contributed by atoms with Gasteiger partial charge in [-0.15, -0.1) is 0 Å². The van der Waals surface area contributed by atoms with Crippen LogP contribution in [0, 0.1) is 11.3 Å². The summed E-state index contributed by atoms with van der Waals surface area (Å²) in [5.74, 6) is 0. The number of anilines is 1. The molecule has 0 spiro atoms. The van der Waals surface area contributed by atoms with Gasteiger partial charge < -0.3 is 10.2 Å². The number of hydrogen-bond donors (Lipinski definition) is 1. The normalized spacial score (nSPS) is 13.4. The Morgan fingerprint density at radius 2 is 1.71 bits per heavy atom. The molecule has 2 aromatic heterocycles. The highest BCUT2D eigenvalue weighted by Crippen LogP contribution is 2.27. The van der Waals surface area contributed by atoms with Crippen molar-refractivity contribution >= 4 is 11.3 Å². The molecule has 0 atom stereocenters. The van der Waals surface area contributed by atoms with E-state index in [1.807, 2.05) is 44.4 Å². The fraction of sp³-hybridized carbons (Fsp3) is 0.240. The van der Waals surface area contributed by atoms with E-state index in [1.54, 1.807) is 16.8 Å². The van der Waals surface area contributed by atoms with Gasteiger partial charge >= 0.3 is 0 Å². The third kappa shape index (κ3) is 4.27. The molecule has 1 N–H and O–H groups in total. The van der Waals surface area contributed by atoms with Crippen molar-refractivity contribution in [1.29, 1.82) is 5.26 Å². The number of nitrogens with zero attached hydrogens (tertiary/aromatic N) is 5. The highest BCUT2D eigenvalue weighted by atomic mass is 15.2. The van der Waals surface area contributed by atoms with Crippen molar-refractivity contribution in [1.82, 2.24) is 19.9 Å². The van der Waals surface area contributed by atoms with Gasteiger partial charge in [0.1, 0.15) is 0 Å². The maximum atomic E-state index is 9.15. The minimum absolute atomic E-state index is 0.628. The Morgan fingerprint density at radius 3 is 2.45 bits per heavy atom. The molecule has 4 aromatic rings. The van der Waals surface area contributed by atoms with Gasteiger partial charge in [0, 0.05) is 55.4 Å². The highest BCUT2D eigenvalue weighted by Gasteiger charge is 2.12. The zero-order valence-corrected chi connectivity index (χ0v) is 17.9. The predicted octanol–water partition coefficient (Wildman–Crippen LogP) is 4.37. The summed E-state index contributed by atoms with van der Waals surface area (Å²) < 4.78 is 1.80. The number of fused-ring (bicyclic) bond motifs is 1. The van der Waals surface area contributed by atoms with Crippen LogP contribution in [-0.4, -0.2) is 40.8 Å². The molecule has 156 valence electrons. The standard InChI is InChI=1S/C23H20N6.C2H6/c24-13-17-2-1-3-19(12-17)22-15-27-29-16-20(14-26-23(22)29)18-4-6-21(7-5-18)28-10-8-25-9-11-28;1-2/h1-7,12,14-16,25H,8-11H2;1-2H3. The summed E-state index contributed by atoms with van der Waals surface area (Å²) in [5, 5.41) is 17.0. The summed E-state index contributed by atoms with van der Waals surface area (Å²) in [5.41, 5.74) is 6.65. The van der Waals surface area contributed by atoms with Gasteiger partial charge in [0.05, 0.1) is 17.8 Å². The monoisotopic (exact) mass is 410 g/mol. The van der Waals surface area contributed by atoms with Crippen molar-refractivity contribution in [2.45, 2.75) is 13.8 Å². The quantitative estimate of drug-likeness (QED) is 0.543. The first-order valence-corrected chi connectivity index (χ1v) is 10.7. The van der Waals surface area contributed by atoms with Gasteiger partial charge in [0.25, 0.3) is 0 Å². The van der Waals surface area contributed by atoms with Crippen molar-refractivity contribution in [3.63, 3.8) is 0 Å². The number of piperazine rings is 1. The first kappa shape index (κ1) is 20.6. The van der Waals surface area contributed by atoms with Gasteiger partial charge in [-0.25, -0.2) is 9.50 Å². The molecule has 1 fully saturated rings. The van der Waals surface area contributed by atoms with Crippen molar-refractivity contribution in [3.05, 3.63) is 72.7 Å². The van der Waals surface area contributed by atoms with Gasteiger partial charge in [-0.05, 0) is 35.4 Å². The van der Waals surface area contributed by atoms with Crippen molar-refractivity contribution in [2.75, 3.05) is 31.1 Å². The first-order chi connectivity index (χ1) is 15.3. The van der Waals surface area contributed by atoms with E-state index in [4.69, 9.17) is 5.26 Å². The van der Waals surface area contributed by atoms with E-state index in [1.165, 1.54) is 5.69 Å². The largest absolute Gasteiger partial charge is 0.369 e. The second-order valence-electron chi connectivity index (χ2n) is 7.15. The van der Waals surface area contributed by atoms with E-state index in [-0.39, 0.29) is 0 Å². The molecule has 0 aliphatic carbocycles. The Balaban J connectivity index is 0.00000112. The second kappa shape index (κ2) is 9.41. The van der Waals surface area contributed by atoms with Crippen LogP contribution in [0.25, 0.3) is 27.9 Å². The van der Waals surface area contributed by atoms with Crippen LogP contribution in [0.15, 0.2) is 67.1 Å². The predicted molar refractivity (Wildman–Crippen MR) is 125 cm³/mol. The lowest BCUT2D eigenvalue weighted by Gasteiger charge is -2.29. The number of nitrogens with one attached hydrogen (secondary N) is 1. The topological polar surface area (TPSA) is 69.2 Å². The number of aromatic nitrogens is 3. The minimum atomic E-state index is 0.628. The smallest absolute Gasteiger partial charge is 0.162 e. The van der Waals surface area contributed by atoms with Crippen LogP contribution in [0.2, 0.25) is 0 Å². The second-order valence-corrected chi connectivity index (χ2v) is 7.15. The molecule has 6 nitrogen and oxygen atoms in total. The molecular weight excluding hydrogens is 384 g/mol.